The lowest BCUT2D eigenvalue weighted by molar-refractivity contribution is -0.122. The third-order valence-electron chi connectivity index (χ3n) is 4.00. The molecular formula is C15H20BrNO. The van der Waals surface area contributed by atoms with Crippen LogP contribution in [0, 0.1) is 18.3 Å². The number of aryl methyl sites for hydroxylation is 1. The summed E-state index contributed by atoms with van der Waals surface area (Å²) in [5.41, 5.74) is 2.16. The molecule has 0 spiro atoms. The van der Waals surface area contributed by atoms with Gasteiger partial charge in [-0.25, -0.2) is 0 Å². The molecule has 2 nitrogen and oxygen atoms in total. The van der Waals surface area contributed by atoms with E-state index in [-0.39, 0.29) is 17.2 Å². The summed E-state index contributed by atoms with van der Waals surface area (Å²) in [7, 11) is 0. The van der Waals surface area contributed by atoms with Crippen LogP contribution in [0.1, 0.15) is 38.7 Å². The number of hydrogen-bond acceptors (Lipinski definition) is 1. The number of halogens is 1. The third kappa shape index (κ3) is 2.77. The largest absolute Gasteiger partial charge is 0.326 e. The number of carbonyl (C=O) groups is 1. The molecule has 3 heteroatoms. The van der Waals surface area contributed by atoms with Crippen LogP contribution in [0.15, 0.2) is 22.7 Å². The van der Waals surface area contributed by atoms with Crippen molar-refractivity contribution in [1.82, 2.24) is 0 Å². The highest BCUT2D eigenvalue weighted by molar-refractivity contribution is 9.10. The number of rotatable bonds is 2. The highest BCUT2D eigenvalue weighted by atomic mass is 79.9. The van der Waals surface area contributed by atoms with Gasteiger partial charge in [-0.2, -0.15) is 0 Å². The molecule has 1 aliphatic rings. The van der Waals surface area contributed by atoms with E-state index in [1.807, 2.05) is 25.1 Å². The molecule has 1 amide bonds. The first-order valence-corrected chi connectivity index (χ1v) is 7.26. The Morgan fingerprint density at radius 3 is 2.72 bits per heavy atom. The molecule has 1 N–H and O–H groups in total. The van der Waals surface area contributed by atoms with Crippen LogP contribution in [0.3, 0.4) is 0 Å². The summed E-state index contributed by atoms with van der Waals surface area (Å²) < 4.78 is 1.07. The second-order valence-corrected chi connectivity index (χ2v) is 6.74. The Labute approximate surface area is 117 Å². The summed E-state index contributed by atoms with van der Waals surface area (Å²) >= 11 is 3.47. The smallest absolute Gasteiger partial charge is 0.228 e. The minimum atomic E-state index is 0.133. The fourth-order valence-corrected chi connectivity index (χ4v) is 3.01. The van der Waals surface area contributed by atoms with Crippen LogP contribution in [0.25, 0.3) is 0 Å². The van der Waals surface area contributed by atoms with Gasteiger partial charge in [-0.3, -0.25) is 4.79 Å². The molecule has 0 saturated heterocycles. The zero-order valence-electron chi connectivity index (χ0n) is 11.2. The second-order valence-electron chi connectivity index (χ2n) is 5.89. The maximum atomic E-state index is 12.3. The molecule has 2 rings (SSSR count). The van der Waals surface area contributed by atoms with Gasteiger partial charge in [0.05, 0.1) is 0 Å². The van der Waals surface area contributed by atoms with Crippen molar-refractivity contribution in [2.45, 2.75) is 40.0 Å². The first-order chi connectivity index (χ1) is 8.40. The molecule has 0 heterocycles. The van der Waals surface area contributed by atoms with E-state index in [2.05, 4.69) is 35.1 Å². The Morgan fingerprint density at radius 2 is 2.17 bits per heavy atom. The first-order valence-electron chi connectivity index (χ1n) is 6.47. The minimum Gasteiger partial charge on any atom is -0.326 e. The van der Waals surface area contributed by atoms with Crippen LogP contribution in [0.2, 0.25) is 0 Å². The van der Waals surface area contributed by atoms with E-state index in [0.717, 1.165) is 35.0 Å². The quantitative estimate of drug-likeness (QED) is 0.855. The number of carbonyl (C=O) groups excluding carboxylic acids is 1. The van der Waals surface area contributed by atoms with Gasteiger partial charge < -0.3 is 5.32 Å². The van der Waals surface area contributed by atoms with Crippen LogP contribution < -0.4 is 5.32 Å². The van der Waals surface area contributed by atoms with Crippen molar-refractivity contribution in [3.8, 4) is 0 Å². The molecule has 0 bridgehead atoms. The van der Waals surface area contributed by atoms with Gasteiger partial charge in [0.15, 0.2) is 0 Å². The SMILES string of the molecule is Cc1cc(NC(=O)C2CCCC2(C)C)ccc1Br. The van der Waals surface area contributed by atoms with Crippen molar-refractivity contribution < 1.29 is 4.79 Å². The van der Waals surface area contributed by atoms with E-state index in [4.69, 9.17) is 0 Å². The summed E-state index contributed by atoms with van der Waals surface area (Å²) in [6.45, 7) is 6.41. The maximum absolute atomic E-state index is 12.3. The highest BCUT2D eigenvalue weighted by Crippen LogP contribution is 2.43. The van der Waals surface area contributed by atoms with Crippen molar-refractivity contribution in [2.24, 2.45) is 11.3 Å². The Kier molecular flexibility index (Phi) is 3.81. The molecule has 1 atom stereocenters. The molecule has 1 unspecified atom stereocenters. The van der Waals surface area contributed by atoms with Gasteiger partial charge in [0.1, 0.15) is 0 Å². The molecule has 0 aliphatic heterocycles. The summed E-state index contributed by atoms with van der Waals surface area (Å²) in [5.74, 6) is 0.306. The number of amides is 1. The molecular weight excluding hydrogens is 290 g/mol. The summed E-state index contributed by atoms with van der Waals surface area (Å²) in [6, 6.07) is 5.92. The second kappa shape index (κ2) is 5.04. The molecule has 1 aliphatic carbocycles. The molecule has 18 heavy (non-hydrogen) atoms. The van der Waals surface area contributed by atoms with E-state index in [1.165, 1.54) is 0 Å². The third-order valence-corrected chi connectivity index (χ3v) is 4.89. The van der Waals surface area contributed by atoms with Gasteiger partial charge in [-0.1, -0.05) is 36.2 Å². The van der Waals surface area contributed by atoms with Gasteiger partial charge in [0, 0.05) is 16.1 Å². The Hall–Kier alpha value is -0.830. The standard InChI is InChI=1S/C15H20BrNO/c1-10-9-11(6-7-13(10)16)17-14(18)12-5-4-8-15(12,2)3/h6-7,9,12H,4-5,8H2,1-3H3,(H,17,18). The van der Waals surface area contributed by atoms with E-state index in [1.54, 1.807) is 0 Å². The molecule has 1 saturated carbocycles. The van der Waals surface area contributed by atoms with E-state index in [0.29, 0.717) is 0 Å². The number of anilines is 1. The average molecular weight is 310 g/mol. The molecule has 1 aromatic rings. The molecule has 1 fully saturated rings. The summed E-state index contributed by atoms with van der Waals surface area (Å²) in [5, 5.41) is 3.05. The highest BCUT2D eigenvalue weighted by Gasteiger charge is 2.39. The van der Waals surface area contributed by atoms with Crippen molar-refractivity contribution in [3.63, 3.8) is 0 Å². The van der Waals surface area contributed by atoms with E-state index >= 15 is 0 Å². The zero-order valence-corrected chi connectivity index (χ0v) is 12.8. The van der Waals surface area contributed by atoms with Crippen molar-refractivity contribution in [2.75, 3.05) is 5.32 Å². The first kappa shape index (κ1) is 13.6. The number of hydrogen-bond donors (Lipinski definition) is 1. The Bertz CT molecular complexity index is 468. The average Bonchev–Trinajstić information content (AvgIpc) is 2.63. The van der Waals surface area contributed by atoms with E-state index in [9.17, 15) is 4.79 Å². The van der Waals surface area contributed by atoms with Gasteiger partial charge in [-0.05, 0) is 48.9 Å². The summed E-state index contributed by atoms with van der Waals surface area (Å²) in [4.78, 5) is 12.3. The Balaban J connectivity index is 2.09. The minimum absolute atomic E-state index is 0.133. The van der Waals surface area contributed by atoms with E-state index < -0.39 is 0 Å². The fourth-order valence-electron chi connectivity index (χ4n) is 2.76. The van der Waals surface area contributed by atoms with Crippen LogP contribution in [0.4, 0.5) is 5.69 Å². The predicted octanol–water partition coefficient (Wildman–Crippen LogP) is 4.52. The monoisotopic (exact) mass is 309 g/mol. The van der Waals surface area contributed by atoms with Crippen LogP contribution in [-0.2, 0) is 4.79 Å². The van der Waals surface area contributed by atoms with Crippen LogP contribution >= 0.6 is 15.9 Å². The fraction of sp³-hybridized carbons (Fsp3) is 0.533. The van der Waals surface area contributed by atoms with Crippen molar-refractivity contribution in [3.05, 3.63) is 28.2 Å². The number of benzene rings is 1. The normalized spacial score (nSPS) is 21.9. The van der Waals surface area contributed by atoms with Gasteiger partial charge in [0.2, 0.25) is 5.91 Å². The molecule has 1 aromatic carbocycles. The number of nitrogens with one attached hydrogen (secondary N) is 1. The summed E-state index contributed by atoms with van der Waals surface area (Å²) in [6.07, 6.45) is 3.31. The molecule has 0 radical (unpaired) electrons. The lowest BCUT2D eigenvalue weighted by Gasteiger charge is -2.25. The maximum Gasteiger partial charge on any atom is 0.228 e. The van der Waals surface area contributed by atoms with Crippen LogP contribution in [-0.4, -0.2) is 5.91 Å². The molecule has 0 aromatic heterocycles. The van der Waals surface area contributed by atoms with Crippen molar-refractivity contribution >= 4 is 27.5 Å². The lowest BCUT2D eigenvalue weighted by Crippen LogP contribution is -2.30. The Morgan fingerprint density at radius 1 is 1.44 bits per heavy atom. The topological polar surface area (TPSA) is 29.1 Å². The van der Waals surface area contributed by atoms with Crippen molar-refractivity contribution in [1.29, 1.82) is 0 Å². The predicted molar refractivity (Wildman–Crippen MR) is 78.6 cm³/mol. The molecule has 98 valence electrons. The van der Waals surface area contributed by atoms with Gasteiger partial charge in [0.25, 0.3) is 0 Å². The van der Waals surface area contributed by atoms with Gasteiger partial charge >= 0.3 is 0 Å². The van der Waals surface area contributed by atoms with Gasteiger partial charge in [-0.15, -0.1) is 0 Å². The van der Waals surface area contributed by atoms with Crippen LogP contribution in [0.5, 0.6) is 0 Å². The lowest BCUT2D eigenvalue weighted by atomic mass is 9.81. The zero-order chi connectivity index (χ0) is 13.3.